The van der Waals surface area contributed by atoms with Gasteiger partial charge in [0.2, 0.25) is 0 Å². The third-order valence-electron chi connectivity index (χ3n) is 3.28. The van der Waals surface area contributed by atoms with Crippen molar-refractivity contribution in [3.8, 4) is 5.75 Å². The molecule has 1 unspecified atom stereocenters. The fourth-order valence-electron chi connectivity index (χ4n) is 2.17. The Balaban J connectivity index is 2.13. The van der Waals surface area contributed by atoms with Gasteiger partial charge in [-0.2, -0.15) is 0 Å². The predicted molar refractivity (Wildman–Crippen MR) is 82.0 cm³/mol. The van der Waals surface area contributed by atoms with Gasteiger partial charge in [0.05, 0.1) is 13.2 Å². The zero-order chi connectivity index (χ0) is 15.2. The number of anilines is 1. The van der Waals surface area contributed by atoms with Gasteiger partial charge in [-0.1, -0.05) is 12.1 Å². The number of aliphatic hydroxyl groups excluding tert-OH is 1. The summed E-state index contributed by atoms with van der Waals surface area (Å²) in [6.07, 6.45) is 0. The highest BCUT2D eigenvalue weighted by Gasteiger charge is 2.08. The number of ether oxygens (including phenoxy) is 1. The normalized spacial score (nSPS) is 12.0. The maximum absolute atomic E-state index is 12.9. The monoisotopic (exact) mass is 289 g/mol. The van der Waals surface area contributed by atoms with E-state index in [4.69, 9.17) is 4.74 Å². The van der Waals surface area contributed by atoms with Gasteiger partial charge in [-0.05, 0) is 49.7 Å². The van der Waals surface area contributed by atoms with Gasteiger partial charge >= 0.3 is 0 Å². The molecule has 0 aliphatic rings. The van der Waals surface area contributed by atoms with Crippen molar-refractivity contribution in [2.45, 2.75) is 26.5 Å². The van der Waals surface area contributed by atoms with Crippen LogP contribution >= 0.6 is 0 Å². The van der Waals surface area contributed by atoms with Gasteiger partial charge in [-0.25, -0.2) is 4.39 Å². The first kappa shape index (κ1) is 15.3. The van der Waals surface area contributed by atoms with Gasteiger partial charge in [-0.3, -0.25) is 0 Å². The Labute approximate surface area is 124 Å². The van der Waals surface area contributed by atoms with Gasteiger partial charge in [-0.15, -0.1) is 0 Å². The molecule has 2 aromatic rings. The maximum Gasteiger partial charge on any atom is 0.124 e. The number of aliphatic hydroxyl groups is 1. The summed E-state index contributed by atoms with van der Waals surface area (Å²) < 4.78 is 18.4. The molecular weight excluding hydrogens is 269 g/mol. The summed E-state index contributed by atoms with van der Waals surface area (Å²) in [5.74, 6) is 0.453. The second kappa shape index (κ2) is 7.09. The van der Waals surface area contributed by atoms with Crippen LogP contribution in [0.25, 0.3) is 0 Å². The maximum atomic E-state index is 12.9. The van der Waals surface area contributed by atoms with Crippen LogP contribution in [0.3, 0.4) is 0 Å². The molecule has 0 amide bonds. The van der Waals surface area contributed by atoms with Gasteiger partial charge in [0, 0.05) is 17.3 Å². The van der Waals surface area contributed by atoms with E-state index in [1.807, 2.05) is 32.0 Å². The molecule has 2 rings (SSSR count). The second-order valence-corrected chi connectivity index (χ2v) is 4.83. The van der Waals surface area contributed by atoms with Crippen molar-refractivity contribution in [1.29, 1.82) is 0 Å². The van der Waals surface area contributed by atoms with Crippen molar-refractivity contribution >= 4 is 5.69 Å². The Bertz CT molecular complexity index is 584. The molecule has 0 aliphatic heterocycles. The molecule has 3 nitrogen and oxygen atoms in total. The summed E-state index contributed by atoms with van der Waals surface area (Å²) in [7, 11) is 0. The van der Waals surface area contributed by atoms with E-state index in [0.29, 0.717) is 12.4 Å². The van der Waals surface area contributed by atoms with Crippen molar-refractivity contribution in [2.24, 2.45) is 0 Å². The van der Waals surface area contributed by atoms with Gasteiger partial charge in [0.15, 0.2) is 0 Å². The number of hydrogen-bond donors (Lipinski definition) is 2. The van der Waals surface area contributed by atoms with E-state index >= 15 is 0 Å². The highest BCUT2D eigenvalue weighted by molar-refractivity contribution is 5.52. The van der Waals surface area contributed by atoms with Crippen LogP contribution in [0, 0.1) is 5.82 Å². The Morgan fingerprint density at radius 1 is 1.19 bits per heavy atom. The fourth-order valence-corrected chi connectivity index (χ4v) is 2.17. The van der Waals surface area contributed by atoms with Crippen molar-refractivity contribution in [2.75, 3.05) is 11.9 Å². The van der Waals surface area contributed by atoms with E-state index in [1.165, 1.54) is 12.1 Å². The number of nitrogens with one attached hydrogen (secondary N) is 1. The lowest BCUT2D eigenvalue weighted by Gasteiger charge is -2.17. The van der Waals surface area contributed by atoms with E-state index < -0.39 is 0 Å². The van der Waals surface area contributed by atoms with E-state index in [9.17, 15) is 9.50 Å². The summed E-state index contributed by atoms with van der Waals surface area (Å²) in [6, 6.07) is 12.1. The molecule has 1 atom stereocenters. The lowest BCUT2D eigenvalue weighted by Crippen LogP contribution is -2.07. The SMILES string of the molecule is CCOc1ccc(NC(C)c2ccc(F)cc2)cc1CO. The number of hydrogen-bond acceptors (Lipinski definition) is 3. The molecular formula is C17H20FNO2. The molecule has 2 aromatic carbocycles. The second-order valence-electron chi connectivity index (χ2n) is 4.83. The summed E-state index contributed by atoms with van der Waals surface area (Å²) in [4.78, 5) is 0. The molecule has 0 heterocycles. The third kappa shape index (κ3) is 3.95. The van der Waals surface area contributed by atoms with Gasteiger partial charge < -0.3 is 15.2 Å². The van der Waals surface area contributed by atoms with Crippen LogP contribution < -0.4 is 10.1 Å². The van der Waals surface area contributed by atoms with Crippen LogP contribution in [-0.4, -0.2) is 11.7 Å². The van der Waals surface area contributed by atoms with Gasteiger partial charge in [0.25, 0.3) is 0 Å². The number of rotatable bonds is 6. The van der Waals surface area contributed by atoms with Crippen LogP contribution in [0.5, 0.6) is 5.75 Å². The molecule has 21 heavy (non-hydrogen) atoms. The summed E-state index contributed by atoms with van der Waals surface area (Å²) >= 11 is 0. The van der Waals surface area contributed by atoms with Crippen LogP contribution in [0.4, 0.5) is 10.1 Å². The average Bonchev–Trinajstić information content (AvgIpc) is 2.49. The molecule has 4 heteroatoms. The highest BCUT2D eigenvalue weighted by Crippen LogP contribution is 2.26. The van der Waals surface area contributed by atoms with Crippen molar-refractivity contribution in [3.63, 3.8) is 0 Å². The van der Waals surface area contributed by atoms with Crippen LogP contribution in [0.15, 0.2) is 42.5 Å². The minimum atomic E-state index is -0.241. The topological polar surface area (TPSA) is 41.5 Å². The molecule has 2 N–H and O–H groups in total. The first-order chi connectivity index (χ1) is 10.1. The lowest BCUT2D eigenvalue weighted by atomic mass is 10.1. The fraction of sp³-hybridized carbons (Fsp3) is 0.294. The molecule has 0 spiro atoms. The largest absolute Gasteiger partial charge is 0.494 e. The third-order valence-corrected chi connectivity index (χ3v) is 3.28. The molecule has 0 saturated carbocycles. The number of halogens is 1. The Hall–Kier alpha value is -2.07. The first-order valence-corrected chi connectivity index (χ1v) is 7.02. The minimum Gasteiger partial charge on any atom is -0.494 e. The predicted octanol–water partition coefficient (Wildman–Crippen LogP) is 3.89. The van der Waals surface area contributed by atoms with Crippen LogP contribution in [-0.2, 0) is 6.61 Å². The first-order valence-electron chi connectivity index (χ1n) is 7.02. The van der Waals surface area contributed by atoms with Crippen molar-refractivity contribution in [1.82, 2.24) is 0 Å². The quantitative estimate of drug-likeness (QED) is 0.847. The molecule has 0 aliphatic carbocycles. The molecule has 0 saturated heterocycles. The van der Waals surface area contributed by atoms with E-state index in [0.717, 1.165) is 16.8 Å². The number of benzene rings is 2. The van der Waals surface area contributed by atoms with E-state index in [2.05, 4.69) is 5.32 Å². The minimum absolute atomic E-state index is 0.0371. The lowest BCUT2D eigenvalue weighted by molar-refractivity contribution is 0.267. The van der Waals surface area contributed by atoms with Crippen LogP contribution in [0.1, 0.15) is 31.0 Å². The molecule has 0 bridgehead atoms. The smallest absolute Gasteiger partial charge is 0.124 e. The zero-order valence-electron chi connectivity index (χ0n) is 12.3. The summed E-state index contributed by atoms with van der Waals surface area (Å²) in [6.45, 7) is 4.40. The summed E-state index contributed by atoms with van der Waals surface area (Å²) in [5, 5.41) is 12.7. The Morgan fingerprint density at radius 3 is 2.52 bits per heavy atom. The van der Waals surface area contributed by atoms with Crippen molar-refractivity contribution in [3.05, 3.63) is 59.4 Å². The molecule has 0 fully saturated rings. The molecule has 112 valence electrons. The standard InChI is InChI=1S/C17H20FNO2/c1-3-21-17-9-8-16(10-14(17)11-20)19-12(2)13-4-6-15(18)7-5-13/h4-10,12,19-20H,3,11H2,1-2H3. The molecule has 0 aromatic heterocycles. The van der Waals surface area contributed by atoms with Gasteiger partial charge in [0.1, 0.15) is 11.6 Å². The van der Waals surface area contributed by atoms with Crippen molar-refractivity contribution < 1.29 is 14.2 Å². The van der Waals surface area contributed by atoms with Crippen LogP contribution in [0.2, 0.25) is 0 Å². The molecule has 0 radical (unpaired) electrons. The van der Waals surface area contributed by atoms with E-state index in [1.54, 1.807) is 12.1 Å². The Kier molecular flexibility index (Phi) is 5.17. The average molecular weight is 289 g/mol. The highest BCUT2D eigenvalue weighted by atomic mass is 19.1. The summed E-state index contributed by atoms with van der Waals surface area (Å²) in [5.41, 5.74) is 2.63. The van der Waals surface area contributed by atoms with E-state index in [-0.39, 0.29) is 18.5 Å². The zero-order valence-corrected chi connectivity index (χ0v) is 12.3. The Morgan fingerprint density at radius 2 is 1.90 bits per heavy atom.